The monoisotopic (exact) mass is 244 g/mol. The fourth-order valence-corrected chi connectivity index (χ4v) is 2.89. The van der Waals surface area contributed by atoms with E-state index in [1.54, 1.807) is 0 Å². The number of ether oxygens (including phenoxy) is 2. The Hall–Kier alpha value is 0.976. The predicted molar refractivity (Wildman–Crippen MR) is 64.4 cm³/mol. The minimum atomic E-state index is -0.220. The average Bonchev–Trinajstić information content (AvgIpc) is 2.29. The van der Waals surface area contributed by atoms with Gasteiger partial charge in [-0.2, -0.15) is 0 Å². The van der Waals surface area contributed by atoms with Gasteiger partial charge in [-0.05, 0) is 25.7 Å². The molecule has 0 aliphatic carbocycles. The summed E-state index contributed by atoms with van der Waals surface area (Å²) in [7, 11) is 5.74. The van der Waals surface area contributed by atoms with Crippen molar-refractivity contribution in [2.75, 3.05) is 13.2 Å². The number of rotatable bonds is 8. The molecule has 0 aromatic rings. The molecule has 4 heteroatoms. The first-order valence-corrected chi connectivity index (χ1v) is 9.36. The molecule has 86 valence electrons. The third-order valence-corrected chi connectivity index (χ3v) is 4.29. The smallest absolute Gasteiger partial charge is 0.353 e. The summed E-state index contributed by atoms with van der Waals surface area (Å²) in [6.45, 7) is 1.74. The summed E-state index contributed by atoms with van der Waals surface area (Å²) in [5, 5.41) is 0. The zero-order valence-electron chi connectivity index (χ0n) is 9.55. The van der Waals surface area contributed by atoms with Gasteiger partial charge in [0.25, 0.3) is 0 Å². The van der Waals surface area contributed by atoms with E-state index >= 15 is 0 Å². The standard InChI is InChI=1S/C11H21O2.ClH.Mg/c1-2-3-4-6-9-12-11-8-5-7-10-13-11;;/h11H,1-10H2;1H;/q;;+1/p-1. The van der Waals surface area contributed by atoms with Gasteiger partial charge < -0.3 is 18.5 Å². The molecule has 1 fully saturated rings. The molecule has 0 N–H and O–H groups in total. The van der Waals surface area contributed by atoms with E-state index in [0.29, 0.717) is 0 Å². The molecular weight excluding hydrogens is 224 g/mol. The van der Waals surface area contributed by atoms with Crippen LogP contribution in [-0.4, -0.2) is 38.8 Å². The van der Waals surface area contributed by atoms with E-state index in [1.165, 1.54) is 43.1 Å². The molecule has 1 aliphatic rings. The number of halogens is 1. The summed E-state index contributed by atoms with van der Waals surface area (Å²) in [5.41, 5.74) is 0. The van der Waals surface area contributed by atoms with E-state index in [4.69, 9.17) is 18.5 Å². The Morgan fingerprint density at radius 1 is 1.20 bits per heavy atom. The maximum Gasteiger partial charge on any atom is 0.501 e. The van der Waals surface area contributed by atoms with Crippen LogP contribution in [0.5, 0.6) is 0 Å². The highest BCUT2D eigenvalue weighted by Crippen LogP contribution is 2.14. The SMILES string of the molecule is [Cl][Mg][CH2]CCCCCOC1CCCCO1. The summed E-state index contributed by atoms with van der Waals surface area (Å²) in [5.74, 6) is 0. The first kappa shape index (κ1) is 14.0. The van der Waals surface area contributed by atoms with Gasteiger partial charge in [0.15, 0.2) is 6.29 Å². The molecule has 0 saturated carbocycles. The Balaban J connectivity index is 1.79. The normalized spacial score (nSPS) is 21.3. The molecule has 1 aliphatic heterocycles. The van der Waals surface area contributed by atoms with Crippen molar-refractivity contribution in [1.82, 2.24) is 0 Å². The minimum absolute atomic E-state index is 0.0917. The second-order valence-corrected chi connectivity index (χ2v) is 6.34. The second-order valence-electron chi connectivity index (χ2n) is 4.12. The van der Waals surface area contributed by atoms with Gasteiger partial charge in [-0.25, -0.2) is 0 Å². The Labute approximate surface area is 107 Å². The molecule has 2 nitrogen and oxygen atoms in total. The van der Waals surface area contributed by atoms with Gasteiger partial charge >= 0.3 is 19.3 Å². The van der Waals surface area contributed by atoms with Gasteiger partial charge in [0.05, 0.1) is 0 Å². The van der Waals surface area contributed by atoms with Crippen LogP contribution >= 0.6 is 9.07 Å². The van der Waals surface area contributed by atoms with Crippen LogP contribution in [0.25, 0.3) is 0 Å². The van der Waals surface area contributed by atoms with Gasteiger partial charge in [0.1, 0.15) is 0 Å². The van der Waals surface area contributed by atoms with E-state index in [-0.39, 0.29) is 25.6 Å². The maximum atomic E-state index is 5.74. The highest BCUT2D eigenvalue weighted by molar-refractivity contribution is 6.93. The van der Waals surface area contributed by atoms with Crippen LogP contribution in [0.15, 0.2) is 0 Å². The molecule has 1 rings (SSSR count). The molecule has 0 amide bonds. The molecule has 0 spiro atoms. The van der Waals surface area contributed by atoms with Crippen LogP contribution in [0.1, 0.15) is 44.9 Å². The zero-order valence-corrected chi connectivity index (χ0v) is 11.7. The number of unbranched alkanes of at least 4 members (excludes halogenated alkanes) is 3. The van der Waals surface area contributed by atoms with Gasteiger partial charge in [0, 0.05) is 13.2 Å². The van der Waals surface area contributed by atoms with E-state index in [0.717, 1.165) is 19.6 Å². The Kier molecular flexibility index (Phi) is 9.50. The number of hydrogen-bond acceptors (Lipinski definition) is 2. The zero-order chi connectivity index (χ0) is 10.8. The topological polar surface area (TPSA) is 18.5 Å². The van der Waals surface area contributed by atoms with Crippen molar-refractivity contribution in [3.8, 4) is 0 Å². The lowest BCUT2D eigenvalue weighted by molar-refractivity contribution is -0.162. The summed E-state index contributed by atoms with van der Waals surface area (Å²) in [6, 6.07) is 0. The van der Waals surface area contributed by atoms with Crippen LogP contribution in [-0.2, 0) is 9.47 Å². The van der Waals surface area contributed by atoms with Crippen molar-refractivity contribution in [1.29, 1.82) is 0 Å². The van der Waals surface area contributed by atoms with Crippen LogP contribution < -0.4 is 0 Å². The van der Waals surface area contributed by atoms with Crippen LogP contribution in [0.2, 0.25) is 4.55 Å². The van der Waals surface area contributed by atoms with Crippen molar-refractivity contribution in [2.24, 2.45) is 0 Å². The molecule has 0 aromatic heterocycles. The molecule has 0 radical (unpaired) electrons. The second kappa shape index (κ2) is 10.2. The first-order valence-electron chi connectivity index (χ1n) is 6.22. The Bertz CT molecular complexity index is 141. The van der Waals surface area contributed by atoms with E-state index in [9.17, 15) is 0 Å². The van der Waals surface area contributed by atoms with Gasteiger partial charge in [-0.3, -0.25) is 0 Å². The molecule has 1 saturated heterocycles. The Morgan fingerprint density at radius 3 is 2.80 bits per heavy atom. The Morgan fingerprint density at radius 2 is 2.07 bits per heavy atom. The van der Waals surface area contributed by atoms with Crippen molar-refractivity contribution < 1.29 is 9.47 Å². The molecule has 1 atom stereocenters. The largest absolute Gasteiger partial charge is 0.501 e. The fraction of sp³-hybridized carbons (Fsp3) is 1.00. The van der Waals surface area contributed by atoms with E-state index in [2.05, 4.69) is 0 Å². The lowest BCUT2D eigenvalue weighted by Gasteiger charge is -2.22. The van der Waals surface area contributed by atoms with Crippen molar-refractivity contribution >= 4 is 28.3 Å². The molecular formula is C11H21ClMgO2. The fourth-order valence-electron chi connectivity index (χ4n) is 1.78. The first-order chi connectivity index (χ1) is 7.43. The van der Waals surface area contributed by atoms with Crippen LogP contribution in [0.3, 0.4) is 0 Å². The van der Waals surface area contributed by atoms with Crippen molar-refractivity contribution in [2.45, 2.75) is 55.8 Å². The maximum absolute atomic E-state index is 5.74. The van der Waals surface area contributed by atoms with Gasteiger partial charge in [-0.1, -0.05) is 19.3 Å². The van der Waals surface area contributed by atoms with Gasteiger partial charge in [-0.15, -0.1) is 4.55 Å². The lowest BCUT2D eigenvalue weighted by atomic mass is 10.2. The van der Waals surface area contributed by atoms with Gasteiger partial charge in [0.2, 0.25) is 0 Å². The van der Waals surface area contributed by atoms with Crippen molar-refractivity contribution in [3.05, 3.63) is 0 Å². The highest BCUT2D eigenvalue weighted by atomic mass is 35.5. The summed E-state index contributed by atoms with van der Waals surface area (Å²) in [4.78, 5) is 0. The lowest BCUT2D eigenvalue weighted by Crippen LogP contribution is -2.22. The average molecular weight is 245 g/mol. The molecule has 1 unspecified atom stereocenters. The van der Waals surface area contributed by atoms with Crippen LogP contribution in [0.4, 0.5) is 0 Å². The summed E-state index contributed by atoms with van der Waals surface area (Å²) < 4.78 is 12.4. The third-order valence-electron chi connectivity index (χ3n) is 2.72. The highest BCUT2D eigenvalue weighted by Gasteiger charge is 2.13. The number of hydrogen-bond donors (Lipinski definition) is 0. The third kappa shape index (κ3) is 7.80. The van der Waals surface area contributed by atoms with E-state index < -0.39 is 0 Å². The summed E-state index contributed by atoms with van der Waals surface area (Å²) in [6.07, 6.45) is 8.70. The molecule has 1 heterocycles. The minimum Gasteiger partial charge on any atom is -0.353 e. The van der Waals surface area contributed by atoms with E-state index in [1.807, 2.05) is 0 Å². The van der Waals surface area contributed by atoms with Crippen molar-refractivity contribution in [3.63, 3.8) is 0 Å². The molecule has 0 bridgehead atoms. The summed E-state index contributed by atoms with van der Waals surface area (Å²) >= 11 is -0.220. The quantitative estimate of drug-likeness (QED) is 0.482. The van der Waals surface area contributed by atoms with Crippen LogP contribution in [0, 0.1) is 0 Å². The molecule has 0 aromatic carbocycles. The molecule has 15 heavy (non-hydrogen) atoms. The predicted octanol–water partition coefficient (Wildman–Crippen LogP) is 3.37.